The van der Waals surface area contributed by atoms with Crippen LogP contribution < -0.4 is 16.4 Å². The van der Waals surface area contributed by atoms with Crippen molar-refractivity contribution in [3.8, 4) is 11.3 Å². The molecule has 0 saturated carbocycles. The molecular formula is C34H43N7O2. The average Bonchev–Trinajstić information content (AvgIpc) is 3.33. The Hall–Kier alpha value is -4.50. The highest BCUT2D eigenvalue weighted by molar-refractivity contribution is 6.05. The third-order valence-electron chi connectivity index (χ3n) is 7.23. The van der Waals surface area contributed by atoms with E-state index in [1.165, 1.54) is 5.56 Å². The van der Waals surface area contributed by atoms with E-state index in [9.17, 15) is 9.59 Å². The van der Waals surface area contributed by atoms with E-state index in [4.69, 9.17) is 10.7 Å². The van der Waals surface area contributed by atoms with Gasteiger partial charge < -0.3 is 21.3 Å². The first kappa shape index (κ1) is 31.4. The van der Waals surface area contributed by atoms with Crippen molar-refractivity contribution in [2.75, 3.05) is 31.7 Å². The van der Waals surface area contributed by atoms with Crippen LogP contribution in [0.1, 0.15) is 73.4 Å². The molecular weight excluding hydrogens is 538 g/mol. The molecule has 2 heterocycles. The summed E-state index contributed by atoms with van der Waals surface area (Å²) in [6.07, 6.45) is 7.48. The molecule has 0 aliphatic heterocycles. The Balaban J connectivity index is 1.69. The molecule has 0 aliphatic rings. The number of hydrogen-bond acceptors (Lipinski definition) is 6. The molecule has 9 heteroatoms. The fourth-order valence-corrected chi connectivity index (χ4v) is 5.24. The summed E-state index contributed by atoms with van der Waals surface area (Å²) in [7, 11) is 3.90. The molecule has 0 bridgehead atoms. The zero-order valence-corrected chi connectivity index (χ0v) is 26.2. The van der Waals surface area contributed by atoms with Crippen molar-refractivity contribution in [2.45, 2.75) is 53.0 Å². The average molecular weight is 582 g/mol. The van der Waals surface area contributed by atoms with Crippen LogP contribution in [0.25, 0.3) is 16.8 Å². The molecule has 0 saturated heterocycles. The molecule has 2 amide bonds. The zero-order valence-electron chi connectivity index (χ0n) is 26.2. The Morgan fingerprint density at radius 1 is 1.09 bits per heavy atom. The predicted octanol–water partition coefficient (Wildman–Crippen LogP) is 5.98. The van der Waals surface area contributed by atoms with Gasteiger partial charge in [0.15, 0.2) is 0 Å². The number of hydrogen-bond donors (Lipinski definition) is 3. The van der Waals surface area contributed by atoms with Crippen molar-refractivity contribution >= 4 is 28.8 Å². The number of amides is 2. The smallest absolute Gasteiger partial charge is 0.255 e. The second-order valence-electron chi connectivity index (χ2n) is 12.0. The molecule has 0 aliphatic carbocycles. The van der Waals surface area contributed by atoms with Crippen LogP contribution in [-0.4, -0.2) is 51.7 Å². The molecule has 0 radical (unpaired) electrons. The number of imidazole rings is 1. The van der Waals surface area contributed by atoms with Gasteiger partial charge in [-0.15, -0.1) is 0 Å². The third-order valence-corrected chi connectivity index (χ3v) is 7.23. The van der Waals surface area contributed by atoms with Crippen molar-refractivity contribution in [3.05, 3.63) is 89.5 Å². The van der Waals surface area contributed by atoms with E-state index in [1.54, 1.807) is 24.5 Å². The van der Waals surface area contributed by atoms with Crippen LogP contribution in [0.5, 0.6) is 0 Å². The molecule has 226 valence electrons. The van der Waals surface area contributed by atoms with Crippen LogP contribution >= 0.6 is 0 Å². The quantitative estimate of drug-likeness (QED) is 0.188. The van der Waals surface area contributed by atoms with E-state index in [1.807, 2.05) is 59.8 Å². The standard InChI is InChI=1S/C34H43N7O2/c1-21(2)18-28(38-29(42)12-9-16-40(6)7)33-39-30(31-32(35)36-15-17-41(31)33)24-10-8-11-25(20-24)34(43)37-26-13-14-27(22(3)4)23(5)19-26/h8-15,17,19-22,28H,16,18H2,1-7H3,(H2,35,36)(H,37,43)(H,38,42)/b12-9+/t28-/m0/s1. The summed E-state index contributed by atoms with van der Waals surface area (Å²) >= 11 is 0. The Labute approximate surface area is 254 Å². The Kier molecular flexibility index (Phi) is 9.98. The number of nitrogens with one attached hydrogen (secondary N) is 2. The fourth-order valence-electron chi connectivity index (χ4n) is 5.24. The van der Waals surface area contributed by atoms with Crippen molar-refractivity contribution in [2.24, 2.45) is 5.92 Å². The number of benzene rings is 2. The highest BCUT2D eigenvalue weighted by Crippen LogP contribution is 2.32. The molecule has 43 heavy (non-hydrogen) atoms. The molecule has 0 unspecified atom stereocenters. The number of anilines is 2. The lowest BCUT2D eigenvalue weighted by molar-refractivity contribution is -0.117. The van der Waals surface area contributed by atoms with Crippen LogP contribution in [0.4, 0.5) is 11.5 Å². The van der Waals surface area contributed by atoms with Crippen LogP contribution in [0.3, 0.4) is 0 Å². The van der Waals surface area contributed by atoms with Gasteiger partial charge in [-0.1, -0.05) is 52.0 Å². The number of rotatable bonds is 11. The minimum atomic E-state index is -0.372. The highest BCUT2D eigenvalue weighted by Gasteiger charge is 2.25. The van der Waals surface area contributed by atoms with Crippen LogP contribution in [0, 0.1) is 12.8 Å². The van der Waals surface area contributed by atoms with E-state index in [0.717, 1.165) is 16.8 Å². The molecule has 2 aromatic carbocycles. The monoisotopic (exact) mass is 581 g/mol. The Morgan fingerprint density at radius 3 is 2.53 bits per heavy atom. The number of aromatic nitrogens is 3. The van der Waals surface area contributed by atoms with Crippen molar-refractivity contribution < 1.29 is 9.59 Å². The summed E-state index contributed by atoms with van der Waals surface area (Å²) in [5.41, 5.74) is 12.0. The summed E-state index contributed by atoms with van der Waals surface area (Å²) < 4.78 is 1.89. The first-order chi connectivity index (χ1) is 20.4. The van der Waals surface area contributed by atoms with E-state index in [0.29, 0.717) is 47.3 Å². The summed E-state index contributed by atoms with van der Waals surface area (Å²) in [5, 5.41) is 6.16. The van der Waals surface area contributed by atoms with Crippen LogP contribution in [0.15, 0.2) is 67.0 Å². The molecule has 0 fully saturated rings. The zero-order chi connectivity index (χ0) is 31.3. The Morgan fingerprint density at radius 2 is 1.86 bits per heavy atom. The van der Waals surface area contributed by atoms with Gasteiger partial charge in [-0.3, -0.25) is 14.0 Å². The van der Waals surface area contributed by atoms with Gasteiger partial charge in [0, 0.05) is 41.8 Å². The molecule has 2 aromatic heterocycles. The number of nitrogens with zero attached hydrogens (tertiary/aromatic N) is 4. The molecule has 4 rings (SSSR count). The summed E-state index contributed by atoms with van der Waals surface area (Å²) in [5.74, 6) is 1.25. The number of likely N-dealkylation sites (N-methyl/N-ethyl adjacent to an activating group) is 1. The van der Waals surface area contributed by atoms with Gasteiger partial charge >= 0.3 is 0 Å². The van der Waals surface area contributed by atoms with Gasteiger partial charge in [0.2, 0.25) is 5.91 Å². The van der Waals surface area contributed by atoms with Crippen molar-refractivity contribution in [1.29, 1.82) is 0 Å². The van der Waals surface area contributed by atoms with Gasteiger partial charge in [-0.25, -0.2) is 9.97 Å². The minimum absolute atomic E-state index is 0.192. The maximum atomic E-state index is 13.3. The van der Waals surface area contributed by atoms with Crippen LogP contribution in [0.2, 0.25) is 0 Å². The van der Waals surface area contributed by atoms with E-state index < -0.39 is 0 Å². The van der Waals surface area contributed by atoms with E-state index in [-0.39, 0.29) is 23.8 Å². The molecule has 4 aromatic rings. The maximum absolute atomic E-state index is 13.3. The molecule has 4 N–H and O–H groups in total. The van der Waals surface area contributed by atoms with Crippen molar-refractivity contribution in [3.63, 3.8) is 0 Å². The lowest BCUT2D eigenvalue weighted by Crippen LogP contribution is -2.29. The Bertz CT molecular complexity index is 1640. The normalized spacial score (nSPS) is 12.5. The first-order valence-corrected chi connectivity index (χ1v) is 14.7. The second-order valence-corrected chi connectivity index (χ2v) is 12.0. The predicted molar refractivity (Wildman–Crippen MR) is 174 cm³/mol. The second kappa shape index (κ2) is 13.6. The van der Waals surface area contributed by atoms with Gasteiger partial charge in [0.25, 0.3) is 5.91 Å². The first-order valence-electron chi connectivity index (χ1n) is 14.7. The summed E-state index contributed by atoms with van der Waals surface area (Å²) in [6.45, 7) is 11.2. The summed E-state index contributed by atoms with van der Waals surface area (Å²) in [6, 6.07) is 12.9. The van der Waals surface area contributed by atoms with E-state index >= 15 is 0 Å². The maximum Gasteiger partial charge on any atom is 0.255 e. The SMILES string of the molecule is Cc1cc(NC(=O)c2cccc(-c3nc([C@H](CC(C)C)NC(=O)/C=C/CN(C)C)n4ccnc(N)c34)c2)ccc1C(C)C. The highest BCUT2D eigenvalue weighted by atomic mass is 16.2. The third kappa shape index (κ3) is 7.67. The van der Waals surface area contributed by atoms with Gasteiger partial charge in [0.05, 0.1) is 6.04 Å². The topological polar surface area (TPSA) is 118 Å². The number of nitrogens with two attached hydrogens (primary N) is 1. The number of carbonyl (C=O) groups is 2. The van der Waals surface area contributed by atoms with Gasteiger partial charge in [-0.05, 0) is 74.7 Å². The molecule has 1 atom stereocenters. The van der Waals surface area contributed by atoms with Crippen molar-refractivity contribution in [1.82, 2.24) is 24.6 Å². The molecule has 0 spiro atoms. The summed E-state index contributed by atoms with van der Waals surface area (Å²) in [4.78, 5) is 37.5. The van der Waals surface area contributed by atoms with E-state index in [2.05, 4.69) is 56.3 Å². The largest absolute Gasteiger partial charge is 0.382 e. The number of nitrogen functional groups attached to an aromatic ring is 1. The lowest BCUT2D eigenvalue weighted by atomic mass is 9.97. The minimum Gasteiger partial charge on any atom is -0.382 e. The number of fused-ring (bicyclic) bond motifs is 1. The number of aryl methyl sites for hydroxylation is 1. The molecule has 9 nitrogen and oxygen atoms in total. The lowest BCUT2D eigenvalue weighted by Gasteiger charge is -2.19. The van der Waals surface area contributed by atoms with Crippen LogP contribution in [-0.2, 0) is 4.79 Å². The van der Waals surface area contributed by atoms with Gasteiger partial charge in [0.1, 0.15) is 22.9 Å². The number of carbonyl (C=O) groups excluding carboxylic acids is 2. The van der Waals surface area contributed by atoms with Gasteiger partial charge in [-0.2, -0.15) is 0 Å². The fraction of sp³-hybridized carbons (Fsp3) is 0.353.